The topological polar surface area (TPSA) is 55.6 Å². The van der Waals surface area contributed by atoms with E-state index in [0.29, 0.717) is 6.54 Å². The van der Waals surface area contributed by atoms with Crippen LogP contribution >= 0.6 is 0 Å². The number of nitrogens with two attached hydrogens (primary N) is 1. The van der Waals surface area contributed by atoms with Crippen molar-refractivity contribution in [2.75, 3.05) is 20.7 Å². The average Bonchev–Trinajstić information content (AvgIpc) is 2.31. The number of hydrogen-bond acceptors (Lipinski definition) is 4. The molecule has 0 amide bonds. The minimum Gasteiger partial charge on any atom is -0.468 e. The Morgan fingerprint density at radius 1 is 1.47 bits per heavy atom. The Labute approximate surface area is 100 Å². The molecule has 0 fully saturated rings. The standard InChI is InChI=1S/C12H17FN2O2/c1-15(8-12(16)17-2)7-9-3-4-11(13)5-10(9)6-14/h3-5H,6-8,14H2,1-2H3. The molecule has 0 aliphatic heterocycles. The van der Waals surface area contributed by atoms with Crippen LogP contribution in [0.4, 0.5) is 4.39 Å². The van der Waals surface area contributed by atoms with Crippen LogP contribution in [0.25, 0.3) is 0 Å². The minimum atomic E-state index is -0.302. The summed E-state index contributed by atoms with van der Waals surface area (Å²) in [5.41, 5.74) is 7.21. The van der Waals surface area contributed by atoms with Crippen LogP contribution in [0.1, 0.15) is 11.1 Å². The molecule has 0 bridgehead atoms. The van der Waals surface area contributed by atoms with Crippen LogP contribution in [0.5, 0.6) is 0 Å². The van der Waals surface area contributed by atoms with E-state index in [1.165, 1.54) is 19.2 Å². The number of benzene rings is 1. The zero-order valence-electron chi connectivity index (χ0n) is 10.1. The lowest BCUT2D eigenvalue weighted by atomic mass is 10.1. The van der Waals surface area contributed by atoms with Gasteiger partial charge in [0, 0.05) is 13.1 Å². The lowest BCUT2D eigenvalue weighted by Gasteiger charge is -2.17. The number of ether oxygens (including phenoxy) is 1. The van der Waals surface area contributed by atoms with Gasteiger partial charge < -0.3 is 10.5 Å². The molecule has 5 heteroatoms. The van der Waals surface area contributed by atoms with E-state index < -0.39 is 0 Å². The van der Waals surface area contributed by atoms with Gasteiger partial charge in [-0.3, -0.25) is 9.69 Å². The molecule has 17 heavy (non-hydrogen) atoms. The van der Waals surface area contributed by atoms with Crippen molar-refractivity contribution in [2.24, 2.45) is 5.73 Å². The van der Waals surface area contributed by atoms with Crippen molar-refractivity contribution in [2.45, 2.75) is 13.1 Å². The van der Waals surface area contributed by atoms with Crippen LogP contribution in [0.2, 0.25) is 0 Å². The predicted molar refractivity (Wildman–Crippen MR) is 62.6 cm³/mol. The molecular weight excluding hydrogens is 223 g/mol. The minimum absolute atomic E-state index is 0.192. The molecule has 0 saturated carbocycles. The van der Waals surface area contributed by atoms with E-state index in [1.54, 1.807) is 18.0 Å². The van der Waals surface area contributed by atoms with Crippen LogP contribution in [-0.4, -0.2) is 31.6 Å². The summed E-state index contributed by atoms with van der Waals surface area (Å²) in [5.74, 6) is -0.603. The first kappa shape index (κ1) is 13.6. The number of nitrogens with zero attached hydrogens (tertiary/aromatic N) is 1. The Bertz CT molecular complexity index is 396. The maximum absolute atomic E-state index is 13.0. The molecule has 0 spiro atoms. The molecule has 1 rings (SSSR count). The second-order valence-corrected chi connectivity index (χ2v) is 3.87. The third-order valence-electron chi connectivity index (χ3n) is 2.46. The SMILES string of the molecule is COC(=O)CN(C)Cc1ccc(F)cc1CN. The number of hydrogen-bond donors (Lipinski definition) is 1. The first-order valence-corrected chi connectivity index (χ1v) is 5.29. The highest BCUT2D eigenvalue weighted by atomic mass is 19.1. The van der Waals surface area contributed by atoms with E-state index in [2.05, 4.69) is 4.74 Å². The quantitative estimate of drug-likeness (QED) is 0.777. The third-order valence-corrected chi connectivity index (χ3v) is 2.46. The van der Waals surface area contributed by atoms with E-state index in [0.717, 1.165) is 11.1 Å². The first-order chi connectivity index (χ1) is 8.06. The van der Waals surface area contributed by atoms with E-state index >= 15 is 0 Å². The van der Waals surface area contributed by atoms with Gasteiger partial charge in [-0.2, -0.15) is 0 Å². The van der Waals surface area contributed by atoms with Crippen LogP contribution in [0, 0.1) is 5.82 Å². The van der Waals surface area contributed by atoms with Gasteiger partial charge in [0.15, 0.2) is 0 Å². The second kappa shape index (κ2) is 6.32. The lowest BCUT2D eigenvalue weighted by Crippen LogP contribution is -2.27. The molecule has 0 atom stereocenters. The van der Waals surface area contributed by atoms with E-state index in [1.807, 2.05) is 0 Å². The molecule has 0 heterocycles. The molecule has 2 N–H and O–H groups in total. The Kier molecular flexibility index (Phi) is 5.06. The van der Waals surface area contributed by atoms with Gasteiger partial charge >= 0.3 is 5.97 Å². The van der Waals surface area contributed by atoms with Gasteiger partial charge in [0.05, 0.1) is 13.7 Å². The molecule has 0 saturated heterocycles. The fourth-order valence-corrected chi connectivity index (χ4v) is 1.57. The van der Waals surface area contributed by atoms with Gasteiger partial charge in [-0.05, 0) is 30.3 Å². The van der Waals surface area contributed by atoms with E-state index in [9.17, 15) is 9.18 Å². The third kappa shape index (κ3) is 4.13. The predicted octanol–water partition coefficient (Wildman–Crippen LogP) is 0.889. The van der Waals surface area contributed by atoms with Crippen molar-refractivity contribution in [3.63, 3.8) is 0 Å². The van der Waals surface area contributed by atoms with Gasteiger partial charge in [0.2, 0.25) is 0 Å². The molecule has 0 aliphatic carbocycles. The van der Waals surface area contributed by atoms with Crippen molar-refractivity contribution < 1.29 is 13.9 Å². The van der Waals surface area contributed by atoms with Crippen molar-refractivity contribution in [1.82, 2.24) is 4.90 Å². The van der Waals surface area contributed by atoms with Gasteiger partial charge in [-0.1, -0.05) is 6.07 Å². The molecule has 0 aromatic heterocycles. The average molecular weight is 240 g/mol. The van der Waals surface area contributed by atoms with Gasteiger partial charge in [0.25, 0.3) is 0 Å². The summed E-state index contributed by atoms with van der Waals surface area (Å²) in [6, 6.07) is 4.49. The number of methoxy groups -OCH3 is 1. The van der Waals surface area contributed by atoms with Crippen LogP contribution in [0.3, 0.4) is 0 Å². The molecular formula is C12H17FN2O2. The Morgan fingerprint density at radius 3 is 2.76 bits per heavy atom. The summed E-state index contributed by atoms with van der Waals surface area (Å²) in [4.78, 5) is 12.9. The van der Waals surface area contributed by atoms with Crippen molar-refractivity contribution in [3.05, 3.63) is 35.1 Å². The molecule has 0 aliphatic rings. The number of rotatable bonds is 5. The summed E-state index contributed by atoms with van der Waals surface area (Å²) >= 11 is 0. The monoisotopic (exact) mass is 240 g/mol. The Morgan fingerprint density at radius 2 is 2.18 bits per heavy atom. The van der Waals surface area contributed by atoms with Crippen LogP contribution in [0.15, 0.2) is 18.2 Å². The van der Waals surface area contributed by atoms with Gasteiger partial charge in [0.1, 0.15) is 5.82 Å². The molecule has 0 unspecified atom stereocenters. The fourth-order valence-electron chi connectivity index (χ4n) is 1.57. The maximum atomic E-state index is 13.0. The summed E-state index contributed by atoms with van der Waals surface area (Å²) in [7, 11) is 3.14. The van der Waals surface area contributed by atoms with Crippen LogP contribution in [-0.2, 0) is 22.6 Å². The first-order valence-electron chi connectivity index (χ1n) is 5.29. The fraction of sp³-hybridized carbons (Fsp3) is 0.417. The van der Waals surface area contributed by atoms with Crippen LogP contribution < -0.4 is 5.73 Å². The molecule has 94 valence electrons. The maximum Gasteiger partial charge on any atom is 0.319 e. The Balaban J connectivity index is 2.70. The van der Waals surface area contributed by atoms with Crippen molar-refractivity contribution >= 4 is 5.97 Å². The number of halogens is 1. The summed E-state index contributed by atoms with van der Waals surface area (Å²) < 4.78 is 17.6. The molecule has 1 aromatic rings. The van der Waals surface area contributed by atoms with E-state index in [4.69, 9.17) is 5.73 Å². The second-order valence-electron chi connectivity index (χ2n) is 3.87. The summed E-state index contributed by atoms with van der Waals surface area (Å²) in [6.45, 7) is 0.999. The number of esters is 1. The molecule has 4 nitrogen and oxygen atoms in total. The highest BCUT2D eigenvalue weighted by Crippen LogP contribution is 2.12. The summed E-state index contributed by atoms with van der Waals surface area (Å²) in [5, 5.41) is 0. The normalized spacial score (nSPS) is 10.6. The zero-order chi connectivity index (χ0) is 12.8. The van der Waals surface area contributed by atoms with Gasteiger partial charge in [-0.15, -0.1) is 0 Å². The van der Waals surface area contributed by atoms with Crippen molar-refractivity contribution in [3.8, 4) is 0 Å². The number of carbonyl (C=O) groups is 1. The molecule has 1 aromatic carbocycles. The highest BCUT2D eigenvalue weighted by Gasteiger charge is 2.09. The highest BCUT2D eigenvalue weighted by molar-refractivity contribution is 5.71. The zero-order valence-corrected chi connectivity index (χ0v) is 10.1. The van der Waals surface area contributed by atoms with E-state index in [-0.39, 0.29) is 24.9 Å². The largest absolute Gasteiger partial charge is 0.468 e. The number of carbonyl (C=O) groups excluding carboxylic acids is 1. The number of likely N-dealkylation sites (N-methyl/N-ethyl adjacent to an activating group) is 1. The van der Waals surface area contributed by atoms with Gasteiger partial charge in [-0.25, -0.2) is 4.39 Å². The van der Waals surface area contributed by atoms with Crippen molar-refractivity contribution in [1.29, 1.82) is 0 Å². The Hall–Kier alpha value is -1.46. The molecule has 0 radical (unpaired) electrons. The smallest absolute Gasteiger partial charge is 0.319 e. The lowest BCUT2D eigenvalue weighted by molar-refractivity contribution is -0.141. The summed E-state index contributed by atoms with van der Waals surface area (Å²) in [6.07, 6.45) is 0.